The molecule has 0 aromatic carbocycles. The molecule has 0 atom stereocenters. The molecule has 0 heterocycles. The van der Waals surface area contributed by atoms with Crippen molar-refractivity contribution in [2.24, 2.45) is 11.8 Å². The molecular formula is C20H34O6. The molecule has 4 N–H and O–H groups in total. The lowest BCUT2D eigenvalue weighted by Crippen LogP contribution is -2.32. The Morgan fingerprint density at radius 1 is 0.654 bits per heavy atom. The second-order valence-electron chi connectivity index (χ2n) is 7.44. The Morgan fingerprint density at radius 3 is 1.15 bits per heavy atom. The number of carbonyl (C=O) groups excluding carboxylic acids is 2. The standard InChI is InChI=1S/C20H30O4.2H2O/c1-13(2)19(21)23-17-9-5-15(6-10-17)16-7-11-18(12-8-16)24-20(22)14(3)4;;/h15-18H,1,3,5-12H2,2,4H3;2*1H2. The van der Waals surface area contributed by atoms with E-state index in [1.807, 2.05) is 0 Å². The van der Waals surface area contributed by atoms with Gasteiger partial charge in [-0.1, -0.05) is 13.2 Å². The van der Waals surface area contributed by atoms with Gasteiger partial charge in [-0.05, 0) is 77.0 Å². The van der Waals surface area contributed by atoms with Crippen LogP contribution in [0, 0.1) is 11.8 Å². The molecule has 0 aromatic heterocycles. The van der Waals surface area contributed by atoms with E-state index < -0.39 is 0 Å². The average Bonchev–Trinajstić information content (AvgIpc) is 2.56. The Kier molecular flexibility index (Phi) is 10.4. The van der Waals surface area contributed by atoms with E-state index >= 15 is 0 Å². The van der Waals surface area contributed by atoms with E-state index in [-0.39, 0.29) is 35.1 Å². The second-order valence-corrected chi connectivity index (χ2v) is 7.44. The smallest absolute Gasteiger partial charge is 0.333 e. The quantitative estimate of drug-likeness (QED) is 0.546. The molecule has 2 aliphatic rings. The first kappa shape index (κ1) is 24.3. The zero-order valence-corrected chi connectivity index (χ0v) is 16.0. The van der Waals surface area contributed by atoms with Crippen molar-refractivity contribution >= 4 is 11.9 Å². The maximum Gasteiger partial charge on any atom is 0.333 e. The van der Waals surface area contributed by atoms with E-state index in [2.05, 4.69) is 13.2 Å². The molecule has 2 fully saturated rings. The summed E-state index contributed by atoms with van der Waals surface area (Å²) < 4.78 is 10.9. The average molecular weight is 370 g/mol. The van der Waals surface area contributed by atoms with Gasteiger partial charge >= 0.3 is 11.9 Å². The van der Waals surface area contributed by atoms with Gasteiger partial charge in [0.25, 0.3) is 0 Å². The van der Waals surface area contributed by atoms with Crippen molar-refractivity contribution in [2.75, 3.05) is 0 Å². The van der Waals surface area contributed by atoms with Crippen LogP contribution in [0.4, 0.5) is 0 Å². The first-order chi connectivity index (χ1) is 11.4. The number of carbonyl (C=O) groups is 2. The highest BCUT2D eigenvalue weighted by molar-refractivity contribution is 5.87. The van der Waals surface area contributed by atoms with E-state index in [4.69, 9.17) is 9.47 Å². The van der Waals surface area contributed by atoms with Crippen molar-refractivity contribution in [3.05, 3.63) is 24.3 Å². The Bertz CT molecular complexity index is 450. The number of ether oxygens (including phenoxy) is 2. The summed E-state index contributed by atoms with van der Waals surface area (Å²) in [6, 6.07) is 0. The molecule has 0 spiro atoms. The molecule has 150 valence electrons. The van der Waals surface area contributed by atoms with E-state index in [1.165, 1.54) is 0 Å². The van der Waals surface area contributed by atoms with Crippen LogP contribution in [0.25, 0.3) is 0 Å². The Labute approximate surface area is 156 Å². The highest BCUT2D eigenvalue weighted by Gasteiger charge is 2.32. The minimum absolute atomic E-state index is 0. The molecule has 0 aromatic rings. The van der Waals surface area contributed by atoms with Crippen molar-refractivity contribution in [3.63, 3.8) is 0 Å². The third kappa shape index (κ3) is 6.92. The Morgan fingerprint density at radius 2 is 0.923 bits per heavy atom. The molecule has 2 rings (SSSR count). The van der Waals surface area contributed by atoms with Crippen LogP contribution >= 0.6 is 0 Å². The maximum absolute atomic E-state index is 11.6. The predicted molar refractivity (Wildman–Crippen MR) is 101 cm³/mol. The molecule has 26 heavy (non-hydrogen) atoms. The maximum atomic E-state index is 11.6. The van der Waals surface area contributed by atoms with Gasteiger partial charge in [0.05, 0.1) is 0 Å². The van der Waals surface area contributed by atoms with Gasteiger partial charge in [0, 0.05) is 11.1 Å². The zero-order chi connectivity index (χ0) is 17.7. The molecule has 0 unspecified atom stereocenters. The van der Waals surface area contributed by atoms with Crippen LogP contribution in [0.2, 0.25) is 0 Å². The summed E-state index contributed by atoms with van der Waals surface area (Å²) in [6.45, 7) is 10.6. The Hall–Kier alpha value is -1.66. The molecule has 0 aliphatic heterocycles. The lowest BCUT2D eigenvalue weighted by atomic mass is 9.72. The Balaban J connectivity index is 0.00000312. The lowest BCUT2D eigenvalue weighted by Gasteiger charge is -2.37. The SMILES string of the molecule is C=C(C)C(=O)OC1CCC(C2CCC(OC(=O)C(=C)C)CC2)CC1.O.O. The monoisotopic (exact) mass is 370 g/mol. The topological polar surface area (TPSA) is 116 Å². The number of esters is 2. The van der Waals surface area contributed by atoms with E-state index in [0.717, 1.165) is 51.4 Å². The highest BCUT2D eigenvalue weighted by atomic mass is 16.5. The first-order valence-corrected chi connectivity index (χ1v) is 9.09. The molecule has 0 saturated heterocycles. The molecule has 2 aliphatic carbocycles. The normalized spacial score (nSPS) is 27.9. The molecule has 6 nitrogen and oxygen atoms in total. The van der Waals surface area contributed by atoms with Crippen molar-refractivity contribution in [1.82, 2.24) is 0 Å². The van der Waals surface area contributed by atoms with Gasteiger partial charge in [0.2, 0.25) is 0 Å². The molecule has 2 saturated carbocycles. The second kappa shape index (κ2) is 11.1. The minimum Gasteiger partial charge on any atom is -0.459 e. The third-order valence-electron chi connectivity index (χ3n) is 5.35. The molecular weight excluding hydrogens is 336 g/mol. The van der Waals surface area contributed by atoms with Gasteiger partial charge in [-0.3, -0.25) is 0 Å². The number of hydrogen-bond donors (Lipinski definition) is 0. The van der Waals surface area contributed by atoms with Crippen LogP contribution in [0.15, 0.2) is 24.3 Å². The van der Waals surface area contributed by atoms with Crippen LogP contribution in [0.3, 0.4) is 0 Å². The predicted octanol–water partition coefficient (Wildman–Crippen LogP) is 2.69. The van der Waals surface area contributed by atoms with Crippen LogP contribution in [0.1, 0.15) is 65.2 Å². The minimum atomic E-state index is -0.265. The van der Waals surface area contributed by atoms with Crippen LogP contribution in [0.5, 0.6) is 0 Å². The lowest BCUT2D eigenvalue weighted by molar-refractivity contribution is -0.148. The van der Waals surface area contributed by atoms with Crippen molar-refractivity contribution in [3.8, 4) is 0 Å². The fourth-order valence-electron chi connectivity index (χ4n) is 3.86. The van der Waals surface area contributed by atoms with Crippen molar-refractivity contribution in [2.45, 2.75) is 77.4 Å². The van der Waals surface area contributed by atoms with E-state index in [0.29, 0.717) is 23.0 Å². The van der Waals surface area contributed by atoms with E-state index in [1.54, 1.807) is 13.8 Å². The number of rotatable bonds is 5. The summed E-state index contributed by atoms with van der Waals surface area (Å²) in [7, 11) is 0. The van der Waals surface area contributed by atoms with Crippen LogP contribution < -0.4 is 0 Å². The summed E-state index contributed by atoms with van der Waals surface area (Å²) in [4.78, 5) is 23.2. The van der Waals surface area contributed by atoms with E-state index in [9.17, 15) is 9.59 Å². The van der Waals surface area contributed by atoms with Gasteiger partial charge in [0.1, 0.15) is 12.2 Å². The van der Waals surface area contributed by atoms with Gasteiger partial charge in [0.15, 0.2) is 0 Å². The van der Waals surface area contributed by atoms with Crippen molar-refractivity contribution in [1.29, 1.82) is 0 Å². The molecule has 0 bridgehead atoms. The summed E-state index contributed by atoms with van der Waals surface area (Å²) in [6.07, 6.45) is 8.40. The van der Waals surface area contributed by atoms with Gasteiger partial charge in [-0.25, -0.2) is 9.59 Å². The summed E-state index contributed by atoms with van der Waals surface area (Å²) >= 11 is 0. The van der Waals surface area contributed by atoms with Crippen LogP contribution in [-0.4, -0.2) is 35.1 Å². The molecule has 6 heteroatoms. The largest absolute Gasteiger partial charge is 0.459 e. The summed E-state index contributed by atoms with van der Waals surface area (Å²) in [5, 5.41) is 0. The van der Waals surface area contributed by atoms with Crippen molar-refractivity contribution < 1.29 is 30.0 Å². The fraction of sp³-hybridized carbons (Fsp3) is 0.700. The van der Waals surface area contributed by atoms with Gasteiger partial charge in [-0.15, -0.1) is 0 Å². The first-order valence-electron chi connectivity index (χ1n) is 9.09. The van der Waals surface area contributed by atoms with Crippen LogP contribution in [-0.2, 0) is 19.1 Å². The van der Waals surface area contributed by atoms with Gasteiger partial charge < -0.3 is 20.4 Å². The molecule has 0 amide bonds. The molecule has 0 radical (unpaired) electrons. The third-order valence-corrected chi connectivity index (χ3v) is 5.35. The fourth-order valence-corrected chi connectivity index (χ4v) is 3.86. The highest BCUT2D eigenvalue weighted by Crippen LogP contribution is 2.39. The van der Waals surface area contributed by atoms with Gasteiger partial charge in [-0.2, -0.15) is 0 Å². The summed E-state index contributed by atoms with van der Waals surface area (Å²) in [5.74, 6) is 0.890. The summed E-state index contributed by atoms with van der Waals surface area (Å²) in [5.41, 5.74) is 0.944. The zero-order valence-electron chi connectivity index (χ0n) is 16.0. The number of hydrogen-bond acceptors (Lipinski definition) is 4.